The summed E-state index contributed by atoms with van der Waals surface area (Å²) >= 11 is 0. The van der Waals surface area contributed by atoms with Crippen molar-refractivity contribution in [2.75, 3.05) is 5.06 Å². The van der Waals surface area contributed by atoms with Crippen molar-refractivity contribution in [1.29, 1.82) is 0 Å². The Balaban J connectivity index is 2.56. The lowest BCUT2D eigenvalue weighted by Gasteiger charge is -2.22. The maximum absolute atomic E-state index is 12.7. The van der Waals surface area contributed by atoms with Gasteiger partial charge in [-0.3, -0.25) is 24.2 Å². The Hall–Kier alpha value is -2.35. The highest BCUT2D eigenvalue weighted by Crippen LogP contribution is 2.15. The predicted molar refractivity (Wildman–Crippen MR) is 86.8 cm³/mol. The third-order valence-corrected chi connectivity index (χ3v) is 3.70. The van der Waals surface area contributed by atoms with Crippen molar-refractivity contribution in [3.05, 3.63) is 44.5 Å². The van der Waals surface area contributed by atoms with Gasteiger partial charge in [-0.05, 0) is 19.8 Å². The van der Waals surface area contributed by atoms with E-state index >= 15 is 0 Å². The van der Waals surface area contributed by atoms with Gasteiger partial charge in [-0.15, -0.1) is 0 Å². The van der Waals surface area contributed by atoms with Crippen molar-refractivity contribution < 1.29 is 5.21 Å². The number of aromatic nitrogens is 4. The van der Waals surface area contributed by atoms with Crippen LogP contribution in [0.5, 0.6) is 0 Å². The number of nitrogens with zero attached hydrogens (tertiary/aromatic N) is 4. The molecule has 8 nitrogen and oxygen atoms in total. The number of hydroxylamine groups is 1. The van der Waals surface area contributed by atoms with Gasteiger partial charge >= 0.3 is 5.69 Å². The Labute approximate surface area is 133 Å². The zero-order chi connectivity index (χ0) is 17.0. The Morgan fingerprint density at radius 3 is 2.43 bits per heavy atom. The first-order valence-corrected chi connectivity index (χ1v) is 7.79. The number of anilines is 1. The van der Waals surface area contributed by atoms with Crippen LogP contribution in [0.15, 0.2) is 22.0 Å². The normalized spacial score (nSPS) is 11.0. The average molecular weight is 321 g/mol. The molecule has 0 aromatic carbocycles. The number of nitrogens with one attached hydrogen (secondary N) is 1. The molecule has 0 aliphatic carbocycles. The Morgan fingerprint density at radius 2 is 1.87 bits per heavy atom. The van der Waals surface area contributed by atoms with Crippen LogP contribution >= 0.6 is 0 Å². The first-order valence-electron chi connectivity index (χ1n) is 7.79. The van der Waals surface area contributed by atoms with E-state index in [1.54, 1.807) is 23.9 Å². The van der Waals surface area contributed by atoms with E-state index < -0.39 is 5.56 Å². The number of aromatic amines is 1. The second kappa shape index (κ2) is 7.28. The molecular formula is C15H23N5O3. The fourth-order valence-electron chi connectivity index (χ4n) is 2.61. The molecule has 2 rings (SSSR count). The molecule has 2 aromatic rings. The van der Waals surface area contributed by atoms with Crippen LogP contribution in [0.4, 0.5) is 5.69 Å². The van der Waals surface area contributed by atoms with E-state index in [9.17, 15) is 14.8 Å². The molecule has 0 amide bonds. The van der Waals surface area contributed by atoms with E-state index in [1.165, 1.54) is 4.57 Å². The highest BCUT2D eigenvalue weighted by molar-refractivity contribution is 5.46. The molecule has 8 heteroatoms. The maximum atomic E-state index is 12.7. The van der Waals surface area contributed by atoms with Crippen molar-refractivity contribution in [3.63, 3.8) is 0 Å². The predicted octanol–water partition coefficient (Wildman–Crippen LogP) is 1.26. The molecule has 2 N–H and O–H groups in total. The Kier molecular flexibility index (Phi) is 5.38. The van der Waals surface area contributed by atoms with Crippen molar-refractivity contribution >= 4 is 5.69 Å². The molecule has 2 heterocycles. The summed E-state index contributed by atoms with van der Waals surface area (Å²) in [5, 5.41) is 17.8. The molecule has 0 atom stereocenters. The Bertz CT molecular complexity index is 761. The summed E-state index contributed by atoms with van der Waals surface area (Å²) in [4.78, 5) is 25.1. The maximum Gasteiger partial charge on any atom is 0.331 e. The average Bonchev–Trinajstić information content (AvgIpc) is 3.01. The molecule has 126 valence electrons. The van der Waals surface area contributed by atoms with Crippen molar-refractivity contribution in [1.82, 2.24) is 19.3 Å². The van der Waals surface area contributed by atoms with Crippen LogP contribution in [-0.4, -0.2) is 24.5 Å². The summed E-state index contributed by atoms with van der Waals surface area (Å²) in [6.45, 7) is 6.49. The molecule has 0 aliphatic heterocycles. The third-order valence-electron chi connectivity index (χ3n) is 3.70. The van der Waals surface area contributed by atoms with Gasteiger partial charge in [-0.2, -0.15) is 5.10 Å². The summed E-state index contributed by atoms with van der Waals surface area (Å²) in [7, 11) is 0. The lowest BCUT2D eigenvalue weighted by molar-refractivity contribution is 0.246. The van der Waals surface area contributed by atoms with E-state index in [4.69, 9.17) is 0 Å². The van der Waals surface area contributed by atoms with Gasteiger partial charge in [-0.25, -0.2) is 9.86 Å². The Morgan fingerprint density at radius 1 is 1.22 bits per heavy atom. The monoisotopic (exact) mass is 321 g/mol. The van der Waals surface area contributed by atoms with Crippen LogP contribution in [0.25, 0.3) is 0 Å². The molecule has 23 heavy (non-hydrogen) atoms. The molecule has 0 aliphatic rings. The summed E-state index contributed by atoms with van der Waals surface area (Å²) in [6, 6.07) is 0. The highest BCUT2D eigenvalue weighted by atomic mass is 16.5. The van der Waals surface area contributed by atoms with E-state index in [2.05, 4.69) is 10.2 Å². The smallest absolute Gasteiger partial charge is 0.296 e. The largest absolute Gasteiger partial charge is 0.331 e. The van der Waals surface area contributed by atoms with Crippen LogP contribution < -0.4 is 16.3 Å². The van der Waals surface area contributed by atoms with Crippen LogP contribution in [-0.2, 0) is 19.6 Å². The first kappa shape index (κ1) is 17.0. The second-order valence-electron chi connectivity index (χ2n) is 5.49. The topological polar surface area (TPSA) is 96.2 Å². The summed E-state index contributed by atoms with van der Waals surface area (Å²) in [5.74, 6) is 0. The van der Waals surface area contributed by atoms with E-state index in [1.807, 2.05) is 13.8 Å². The summed E-state index contributed by atoms with van der Waals surface area (Å²) in [5.41, 5.74) is 0.554. The molecule has 2 aromatic heterocycles. The van der Waals surface area contributed by atoms with E-state index in [0.29, 0.717) is 25.2 Å². The molecule has 0 bridgehead atoms. The molecule has 0 radical (unpaired) electrons. The van der Waals surface area contributed by atoms with Crippen molar-refractivity contribution in [2.24, 2.45) is 0 Å². The highest BCUT2D eigenvalue weighted by Gasteiger charge is 2.20. The summed E-state index contributed by atoms with van der Waals surface area (Å²) < 4.78 is 2.74. The van der Waals surface area contributed by atoms with E-state index in [0.717, 1.165) is 17.0 Å². The third kappa shape index (κ3) is 3.37. The molecule has 0 unspecified atom stereocenters. The molecule has 0 fully saturated rings. The SMILES string of the molecule is CCCn1c(C)c(N(O)Cc2cn[nH]c2)c(=O)n(CCC)c1=O. The van der Waals surface area contributed by atoms with Gasteiger partial charge in [0.1, 0.15) is 5.69 Å². The van der Waals surface area contributed by atoms with Crippen LogP contribution in [0.3, 0.4) is 0 Å². The van der Waals surface area contributed by atoms with Crippen molar-refractivity contribution in [2.45, 2.75) is 53.2 Å². The molecular weight excluding hydrogens is 298 g/mol. The zero-order valence-electron chi connectivity index (χ0n) is 13.7. The van der Waals surface area contributed by atoms with Gasteiger partial charge in [0.15, 0.2) is 0 Å². The molecule has 0 spiro atoms. The number of H-pyrrole nitrogens is 1. The van der Waals surface area contributed by atoms with Gasteiger partial charge in [0.05, 0.1) is 18.4 Å². The fraction of sp³-hybridized carbons (Fsp3) is 0.533. The lowest BCUT2D eigenvalue weighted by Crippen LogP contribution is -2.44. The fourth-order valence-corrected chi connectivity index (χ4v) is 2.61. The van der Waals surface area contributed by atoms with Gasteiger partial charge in [0, 0.05) is 24.8 Å². The van der Waals surface area contributed by atoms with Crippen LogP contribution in [0.1, 0.15) is 37.9 Å². The van der Waals surface area contributed by atoms with Gasteiger partial charge in [0.2, 0.25) is 0 Å². The van der Waals surface area contributed by atoms with Gasteiger partial charge < -0.3 is 0 Å². The quantitative estimate of drug-likeness (QED) is 0.748. The number of hydrogen-bond acceptors (Lipinski definition) is 5. The van der Waals surface area contributed by atoms with Crippen LogP contribution in [0, 0.1) is 6.92 Å². The minimum Gasteiger partial charge on any atom is -0.296 e. The van der Waals surface area contributed by atoms with Crippen LogP contribution in [0.2, 0.25) is 0 Å². The molecule has 0 saturated carbocycles. The minimum atomic E-state index is -0.465. The summed E-state index contributed by atoms with van der Waals surface area (Å²) in [6.07, 6.45) is 4.64. The standard InChI is InChI=1S/C15H23N5O3/c1-4-6-18-11(3)13(14(21)19(7-5-2)15(18)22)20(23)10-12-8-16-17-9-12/h8-9,23H,4-7,10H2,1-3H3,(H,16,17). The lowest BCUT2D eigenvalue weighted by atomic mass is 10.3. The minimum absolute atomic E-state index is 0.114. The van der Waals surface area contributed by atoms with Crippen molar-refractivity contribution in [3.8, 4) is 0 Å². The molecule has 0 saturated heterocycles. The van der Waals surface area contributed by atoms with Gasteiger partial charge in [-0.1, -0.05) is 13.8 Å². The number of hydrogen-bond donors (Lipinski definition) is 2. The first-order chi connectivity index (χ1) is 11.0. The van der Waals surface area contributed by atoms with Gasteiger partial charge in [0.25, 0.3) is 5.56 Å². The zero-order valence-corrected chi connectivity index (χ0v) is 13.7. The number of rotatable bonds is 7. The van der Waals surface area contributed by atoms with E-state index in [-0.39, 0.29) is 17.9 Å². The second-order valence-corrected chi connectivity index (χ2v) is 5.49.